The van der Waals surface area contributed by atoms with Crippen molar-refractivity contribution in [2.75, 3.05) is 27.5 Å². The lowest BCUT2D eigenvalue weighted by Crippen LogP contribution is -2.22. The molecule has 0 spiro atoms. The van der Waals surface area contributed by atoms with Crippen molar-refractivity contribution in [3.8, 4) is 0 Å². The average molecular weight is 389 g/mol. The topological polar surface area (TPSA) is 130 Å². The Bertz CT molecular complexity index is 942. The third-order valence-electron chi connectivity index (χ3n) is 3.94. The molecule has 9 nitrogen and oxygen atoms in total. The molecule has 1 aromatic carbocycles. The quantitative estimate of drug-likeness (QED) is 0.702. The van der Waals surface area contributed by atoms with Gasteiger partial charge in [0.05, 0.1) is 11.5 Å². The van der Waals surface area contributed by atoms with Gasteiger partial charge in [-0.15, -0.1) is 10.2 Å². The minimum absolute atomic E-state index is 0.0748. The van der Waals surface area contributed by atoms with Crippen molar-refractivity contribution in [2.45, 2.75) is 19.4 Å². The zero-order valence-electron chi connectivity index (χ0n) is 14.6. The first-order chi connectivity index (χ1) is 12.8. The van der Waals surface area contributed by atoms with E-state index in [1.807, 2.05) is 0 Å². The first-order valence-electron chi connectivity index (χ1n) is 8.30. The van der Waals surface area contributed by atoms with Crippen LogP contribution in [-0.4, -0.2) is 48.0 Å². The Balaban J connectivity index is 1.58. The fourth-order valence-corrected chi connectivity index (χ4v) is 4.36. The lowest BCUT2D eigenvalue weighted by molar-refractivity contribution is -0.114. The first-order valence-corrected chi connectivity index (χ1v) is 10.1. The van der Waals surface area contributed by atoms with Gasteiger partial charge < -0.3 is 16.0 Å². The van der Waals surface area contributed by atoms with Crippen molar-refractivity contribution in [1.82, 2.24) is 10.2 Å². The van der Waals surface area contributed by atoms with E-state index in [4.69, 9.17) is 0 Å². The molecule has 0 saturated carbocycles. The molecule has 3 rings (SSSR count). The minimum Gasteiger partial charge on any atom is -0.365 e. The Hall–Kier alpha value is -3.01. The van der Waals surface area contributed by atoms with Crippen LogP contribution in [-0.2, 0) is 14.6 Å². The number of hydrogen-bond acceptors (Lipinski definition) is 7. The highest BCUT2D eigenvalue weighted by Crippen LogP contribution is 2.17. The number of nitrogens with one attached hydrogen (secondary N) is 3. The number of anilines is 3. The predicted molar refractivity (Wildman–Crippen MR) is 101 cm³/mol. The molecule has 27 heavy (non-hydrogen) atoms. The number of aromatic nitrogens is 2. The lowest BCUT2D eigenvalue weighted by atomic mass is 10.2. The van der Waals surface area contributed by atoms with Crippen LogP contribution in [0.5, 0.6) is 0 Å². The molecular formula is C17H19N5O4S. The number of benzene rings is 1. The van der Waals surface area contributed by atoms with Crippen molar-refractivity contribution in [2.24, 2.45) is 0 Å². The monoisotopic (exact) mass is 389 g/mol. The summed E-state index contributed by atoms with van der Waals surface area (Å²) >= 11 is 0. The van der Waals surface area contributed by atoms with Gasteiger partial charge in [0.2, 0.25) is 5.91 Å². The summed E-state index contributed by atoms with van der Waals surface area (Å²) in [6.07, 6.45) is 0.529. The number of sulfone groups is 1. The summed E-state index contributed by atoms with van der Waals surface area (Å²) in [7, 11) is -2.98. The molecule has 1 aliphatic rings. The summed E-state index contributed by atoms with van der Waals surface area (Å²) in [5.41, 5.74) is 1.31. The highest BCUT2D eigenvalue weighted by atomic mass is 32.2. The van der Waals surface area contributed by atoms with Gasteiger partial charge >= 0.3 is 0 Å². The zero-order valence-corrected chi connectivity index (χ0v) is 15.4. The molecule has 1 aliphatic heterocycles. The van der Waals surface area contributed by atoms with Crippen LogP contribution in [0.1, 0.15) is 23.8 Å². The maximum atomic E-state index is 12.2. The van der Waals surface area contributed by atoms with E-state index in [0.29, 0.717) is 23.6 Å². The fraction of sp³-hybridized carbons (Fsp3) is 0.294. The van der Waals surface area contributed by atoms with E-state index in [9.17, 15) is 18.0 Å². The van der Waals surface area contributed by atoms with E-state index in [0.717, 1.165) is 0 Å². The molecule has 1 aromatic heterocycles. The van der Waals surface area contributed by atoms with Crippen molar-refractivity contribution < 1.29 is 18.0 Å². The van der Waals surface area contributed by atoms with Crippen LogP contribution in [0, 0.1) is 0 Å². The van der Waals surface area contributed by atoms with Gasteiger partial charge in [-0.2, -0.15) is 0 Å². The summed E-state index contributed by atoms with van der Waals surface area (Å²) in [5.74, 6) is 0.0640. The normalized spacial score (nSPS) is 17.9. The van der Waals surface area contributed by atoms with Crippen LogP contribution < -0.4 is 16.0 Å². The van der Waals surface area contributed by atoms with Gasteiger partial charge in [0, 0.05) is 24.3 Å². The summed E-state index contributed by atoms with van der Waals surface area (Å²) in [5, 5.41) is 16.2. The summed E-state index contributed by atoms with van der Waals surface area (Å²) in [6.45, 7) is 1.42. The summed E-state index contributed by atoms with van der Waals surface area (Å²) < 4.78 is 22.9. The largest absolute Gasteiger partial charge is 0.365 e. The van der Waals surface area contributed by atoms with Gasteiger partial charge in [0.15, 0.2) is 15.5 Å². The SMILES string of the molecule is CC(=O)Nc1ccc(NC(=O)c2ccc(NC3CCS(=O)(=O)C3)nn2)cc1. The molecular weight excluding hydrogens is 370 g/mol. The van der Waals surface area contributed by atoms with E-state index in [-0.39, 0.29) is 29.1 Å². The van der Waals surface area contributed by atoms with Gasteiger partial charge in [-0.1, -0.05) is 0 Å². The molecule has 10 heteroatoms. The third-order valence-corrected chi connectivity index (χ3v) is 5.71. The van der Waals surface area contributed by atoms with Gasteiger partial charge in [0.25, 0.3) is 5.91 Å². The van der Waals surface area contributed by atoms with Crippen molar-refractivity contribution in [3.63, 3.8) is 0 Å². The second-order valence-electron chi connectivity index (χ2n) is 6.26. The van der Waals surface area contributed by atoms with Crippen LogP contribution in [0.15, 0.2) is 36.4 Å². The summed E-state index contributed by atoms with van der Waals surface area (Å²) in [4.78, 5) is 23.2. The Morgan fingerprint density at radius 3 is 2.19 bits per heavy atom. The highest BCUT2D eigenvalue weighted by Gasteiger charge is 2.28. The standard InChI is InChI=1S/C17H19N5O4S/c1-11(23)18-12-2-4-13(5-3-12)20-17(24)15-6-7-16(22-21-15)19-14-8-9-27(25,26)10-14/h2-7,14H,8-10H2,1H3,(H,18,23)(H,19,22)(H,20,24). The lowest BCUT2D eigenvalue weighted by Gasteiger charge is -2.11. The van der Waals surface area contributed by atoms with Gasteiger partial charge in [-0.25, -0.2) is 8.42 Å². The fourth-order valence-electron chi connectivity index (χ4n) is 2.68. The van der Waals surface area contributed by atoms with Gasteiger partial charge in [-0.05, 0) is 42.8 Å². The first kappa shape index (κ1) is 18.8. The maximum absolute atomic E-state index is 12.2. The molecule has 2 heterocycles. The third kappa shape index (κ3) is 5.23. The number of nitrogens with zero attached hydrogens (tertiary/aromatic N) is 2. The molecule has 0 radical (unpaired) electrons. The van der Waals surface area contributed by atoms with E-state index >= 15 is 0 Å². The minimum atomic E-state index is -2.98. The smallest absolute Gasteiger partial charge is 0.276 e. The van der Waals surface area contributed by atoms with Crippen LogP contribution in [0.4, 0.5) is 17.2 Å². The second-order valence-corrected chi connectivity index (χ2v) is 8.49. The Kier molecular flexibility index (Phi) is 5.36. The molecule has 1 unspecified atom stereocenters. The molecule has 2 amide bonds. The Morgan fingerprint density at radius 2 is 1.67 bits per heavy atom. The van der Waals surface area contributed by atoms with E-state index in [2.05, 4.69) is 26.1 Å². The zero-order chi connectivity index (χ0) is 19.4. The van der Waals surface area contributed by atoms with Crippen molar-refractivity contribution >= 4 is 38.8 Å². The Morgan fingerprint density at radius 1 is 1.00 bits per heavy atom. The van der Waals surface area contributed by atoms with Crippen LogP contribution >= 0.6 is 0 Å². The van der Waals surface area contributed by atoms with Crippen molar-refractivity contribution in [3.05, 3.63) is 42.1 Å². The van der Waals surface area contributed by atoms with Crippen LogP contribution in [0.2, 0.25) is 0 Å². The average Bonchev–Trinajstić information content (AvgIpc) is 2.95. The van der Waals surface area contributed by atoms with E-state index < -0.39 is 15.7 Å². The van der Waals surface area contributed by atoms with Gasteiger partial charge in [0.1, 0.15) is 5.82 Å². The molecule has 142 valence electrons. The molecule has 3 N–H and O–H groups in total. The van der Waals surface area contributed by atoms with Crippen LogP contribution in [0.25, 0.3) is 0 Å². The predicted octanol–water partition coefficient (Wildman–Crippen LogP) is 1.29. The number of rotatable bonds is 5. The molecule has 0 aliphatic carbocycles. The molecule has 0 bridgehead atoms. The van der Waals surface area contributed by atoms with Crippen LogP contribution in [0.3, 0.4) is 0 Å². The second kappa shape index (κ2) is 7.70. The number of carbonyl (C=O) groups is 2. The maximum Gasteiger partial charge on any atom is 0.276 e. The number of carbonyl (C=O) groups excluding carboxylic acids is 2. The molecule has 2 aromatic rings. The van der Waals surface area contributed by atoms with E-state index in [1.165, 1.54) is 13.0 Å². The van der Waals surface area contributed by atoms with Gasteiger partial charge in [-0.3, -0.25) is 9.59 Å². The highest BCUT2D eigenvalue weighted by molar-refractivity contribution is 7.91. The number of amides is 2. The molecule has 1 saturated heterocycles. The number of hydrogen-bond donors (Lipinski definition) is 3. The van der Waals surface area contributed by atoms with Crippen molar-refractivity contribution in [1.29, 1.82) is 0 Å². The summed E-state index contributed by atoms with van der Waals surface area (Å²) in [6, 6.07) is 9.58. The molecule has 1 atom stereocenters. The van der Waals surface area contributed by atoms with E-state index in [1.54, 1.807) is 30.3 Å². The Labute approximate surface area is 156 Å². The molecule has 1 fully saturated rings.